The second kappa shape index (κ2) is 8.61. The number of fused-ring (bicyclic) bond motifs is 1. The van der Waals surface area contributed by atoms with Crippen molar-refractivity contribution in [1.29, 1.82) is 0 Å². The molecule has 3 rings (SSSR count). The summed E-state index contributed by atoms with van der Waals surface area (Å²) >= 11 is 0. The van der Waals surface area contributed by atoms with Gasteiger partial charge in [0.25, 0.3) is 0 Å². The predicted octanol–water partition coefficient (Wildman–Crippen LogP) is 4.39. The SMILES string of the molecule is CCC(CC)[C@H](NC(=O)NCc1ccc2c(c1)OCO2)c1ccccc1. The van der Waals surface area contributed by atoms with Gasteiger partial charge in [-0.2, -0.15) is 0 Å². The van der Waals surface area contributed by atoms with E-state index in [9.17, 15) is 4.79 Å². The molecule has 2 amide bonds. The maximum atomic E-state index is 12.5. The Morgan fingerprint density at radius 3 is 2.50 bits per heavy atom. The zero-order valence-corrected chi connectivity index (χ0v) is 15.3. The van der Waals surface area contributed by atoms with Crippen molar-refractivity contribution >= 4 is 6.03 Å². The van der Waals surface area contributed by atoms with Gasteiger partial charge in [0.05, 0.1) is 6.04 Å². The van der Waals surface area contributed by atoms with E-state index in [1.807, 2.05) is 36.4 Å². The van der Waals surface area contributed by atoms with Gasteiger partial charge >= 0.3 is 6.03 Å². The highest BCUT2D eigenvalue weighted by Crippen LogP contribution is 2.32. The maximum absolute atomic E-state index is 12.5. The number of urea groups is 1. The molecule has 0 saturated heterocycles. The van der Waals surface area contributed by atoms with Crippen LogP contribution in [0.25, 0.3) is 0 Å². The zero-order valence-electron chi connectivity index (χ0n) is 15.3. The molecule has 1 heterocycles. The van der Waals surface area contributed by atoms with E-state index in [2.05, 4.69) is 36.6 Å². The topological polar surface area (TPSA) is 59.6 Å². The first-order chi connectivity index (χ1) is 12.7. The van der Waals surface area contributed by atoms with Crippen LogP contribution in [-0.4, -0.2) is 12.8 Å². The number of rotatable bonds is 7. The van der Waals surface area contributed by atoms with Crippen LogP contribution >= 0.6 is 0 Å². The molecular formula is C21H26N2O3. The Morgan fingerprint density at radius 2 is 1.77 bits per heavy atom. The Balaban J connectivity index is 1.62. The van der Waals surface area contributed by atoms with Gasteiger partial charge in [-0.15, -0.1) is 0 Å². The fourth-order valence-electron chi connectivity index (χ4n) is 3.32. The van der Waals surface area contributed by atoms with Gasteiger partial charge in [0.2, 0.25) is 6.79 Å². The Hall–Kier alpha value is -2.69. The fraction of sp³-hybridized carbons (Fsp3) is 0.381. The first kappa shape index (κ1) is 18.1. The minimum absolute atomic E-state index is 0.00274. The number of hydrogen-bond acceptors (Lipinski definition) is 3. The van der Waals surface area contributed by atoms with Crippen LogP contribution in [0.1, 0.15) is 43.9 Å². The van der Waals surface area contributed by atoms with Gasteiger partial charge in [-0.1, -0.05) is 63.1 Å². The molecule has 0 unspecified atom stereocenters. The van der Waals surface area contributed by atoms with E-state index < -0.39 is 0 Å². The van der Waals surface area contributed by atoms with Crippen LogP contribution in [0.3, 0.4) is 0 Å². The van der Waals surface area contributed by atoms with Crippen LogP contribution in [0.15, 0.2) is 48.5 Å². The Morgan fingerprint density at radius 1 is 1.04 bits per heavy atom. The lowest BCUT2D eigenvalue weighted by molar-refractivity contribution is 0.174. The smallest absolute Gasteiger partial charge is 0.315 e. The quantitative estimate of drug-likeness (QED) is 0.775. The van der Waals surface area contributed by atoms with Crippen LogP contribution in [0.2, 0.25) is 0 Å². The van der Waals surface area contributed by atoms with E-state index in [-0.39, 0.29) is 18.9 Å². The minimum Gasteiger partial charge on any atom is -0.454 e. The lowest BCUT2D eigenvalue weighted by Gasteiger charge is -2.27. The lowest BCUT2D eigenvalue weighted by Crippen LogP contribution is -2.40. The van der Waals surface area contributed by atoms with Crippen molar-refractivity contribution in [3.05, 3.63) is 59.7 Å². The molecule has 5 heteroatoms. The summed E-state index contributed by atoms with van der Waals surface area (Å²) in [4.78, 5) is 12.5. The average Bonchev–Trinajstić information content (AvgIpc) is 3.15. The highest BCUT2D eigenvalue weighted by atomic mass is 16.7. The van der Waals surface area contributed by atoms with Gasteiger partial charge in [0.15, 0.2) is 11.5 Å². The molecule has 1 aliphatic rings. The summed E-state index contributed by atoms with van der Waals surface area (Å²) in [6.07, 6.45) is 2.02. The summed E-state index contributed by atoms with van der Waals surface area (Å²) in [5, 5.41) is 6.10. The monoisotopic (exact) mass is 354 g/mol. The molecule has 2 N–H and O–H groups in total. The summed E-state index contributed by atoms with van der Waals surface area (Å²) in [5.74, 6) is 1.87. The van der Waals surface area contributed by atoms with E-state index in [0.29, 0.717) is 12.5 Å². The summed E-state index contributed by atoms with van der Waals surface area (Å²) in [7, 11) is 0. The normalized spacial score (nSPS) is 13.5. The molecule has 1 aliphatic heterocycles. The third-order valence-corrected chi connectivity index (χ3v) is 4.86. The molecule has 0 bridgehead atoms. The van der Waals surface area contributed by atoms with Gasteiger partial charge in [0, 0.05) is 6.54 Å². The third-order valence-electron chi connectivity index (χ3n) is 4.86. The van der Waals surface area contributed by atoms with Gasteiger partial charge < -0.3 is 20.1 Å². The Labute approximate surface area is 154 Å². The van der Waals surface area contributed by atoms with Crippen LogP contribution in [0.4, 0.5) is 4.79 Å². The van der Waals surface area contributed by atoms with E-state index in [1.54, 1.807) is 0 Å². The number of carbonyl (C=O) groups excluding carboxylic acids is 1. The fourth-order valence-corrected chi connectivity index (χ4v) is 3.32. The Bertz CT molecular complexity index is 729. The molecule has 0 saturated carbocycles. The molecule has 0 radical (unpaired) electrons. The van der Waals surface area contributed by atoms with Crippen LogP contribution in [-0.2, 0) is 6.54 Å². The molecule has 0 aromatic heterocycles. The van der Waals surface area contributed by atoms with Gasteiger partial charge in [-0.25, -0.2) is 4.79 Å². The molecule has 5 nitrogen and oxygen atoms in total. The number of ether oxygens (including phenoxy) is 2. The van der Waals surface area contributed by atoms with Crippen LogP contribution in [0, 0.1) is 5.92 Å². The molecule has 2 aromatic rings. The molecule has 1 atom stereocenters. The molecular weight excluding hydrogens is 328 g/mol. The number of nitrogens with one attached hydrogen (secondary N) is 2. The van der Waals surface area contributed by atoms with E-state index >= 15 is 0 Å². The van der Waals surface area contributed by atoms with Gasteiger partial charge in [-0.3, -0.25) is 0 Å². The van der Waals surface area contributed by atoms with Crippen molar-refractivity contribution in [1.82, 2.24) is 10.6 Å². The number of benzene rings is 2. The number of carbonyl (C=O) groups is 1. The van der Waals surface area contributed by atoms with Crippen LogP contribution < -0.4 is 20.1 Å². The maximum Gasteiger partial charge on any atom is 0.315 e. The van der Waals surface area contributed by atoms with Gasteiger partial charge in [-0.05, 0) is 29.2 Å². The van der Waals surface area contributed by atoms with E-state index in [1.165, 1.54) is 0 Å². The van der Waals surface area contributed by atoms with Gasteiger partial charge in [0.1, 0.15) is 0 Å². The number of hydrogen-bond donors (Lipinski definition) is 2. The van der Waals surface area contributed by atoms with Crippen molar-refractivity contribution in [3.8, 4) is 11.5 Å². The highest BCUT2D eigenvalue weighted by Gasteiger charge is 2.22. The standard InChI is InChI=1S/C21H26N2O3/c1-3-16(4-2)20(17-8-6-5-7-9-17)23-21(24)22-13-15-10-11-18-19(12-15)26-14-25-18/h5-12,16,20H,3-4,13-14H2,1-2H3,(H2,22,23,24)/t20-/m0/s1. The van der Waals surface area contributed by atoms with Crippen molar-refractivity contribution in [3.63, 3.8) is 0 Å². The van der Waals surface area contributed by atoms with Crippen LogP contribution in [0.5, 0.6) is 11.5 Å². The molecule has 0 spiro atoms. The first-order valence-corrected chi connectivity index (χ1v) is 9.19. The number of amides is 2. The average molecular weight is 354 g/mol. The summed E-state index contributed by atoms with van der Waals surface area (Å²) in [6.45, 7) is 5.01. The molecule has 2 aromatic carbocycles. The lowest BCUT2D eigenvalue weighted by atomic mass is 9.89. The Kier molecular flexibility index (Phi) is 6.00. The van der Waals surface area contributed by atoms with Crippen molar-refractivity contribution < 1.29 is 14.3 Å². The molecule has 0 aliphatic carbocycles. The van der Waals surface area contributed by atoms with Crippen molar-refractivity contribution in [2.24, 2.45) is 5.92 Å². The third kappa shape index (κ3) is 4.28. The second-order valence-corrected chi connectivity index (χ2v) is 6.48. The van der Waals surface area contributed by atoms with E-state index in [0.717, 1.165) is 35.5 Å². The molecule has 138 valence electrons. The van der Waals surface area contributed by atoms with Crippen molar-refractivity contribution in [2.75, 3.05) is 6.79 Å². The minimum atomic E-state index is -0.164. The summed E-state index contributed by atoms with van der Waals surface area (Å²) in [5.41, 5.74) is 2.11. The second-order valence-electron chi connectivity index (χ2n) is 6.48. The first-order valence-electron chi connectivity index (χ1n) is 9.19. The largest absolute Gasteiger partial charge is 0.454 e. The highest BCUT2D eigenvalue weighted by molar-refractivity contribution is 5.74. The predicted molar refractivity (Wildman–Crippen MR) is 101 cm³/mol. The molecule has 0 fully saturated rings. The van der Waals surface area contributed by atoms with Crippen molar-refractivity contribution in [2.45, 2.75) is 39.3 Å². The zero-order chi connectivity index (χ0) is 18.4. The molecule has 26 heavy (non-hydrogen) atoms. The summed E-state index contributed by atoms with van der Waals surface area (Å²) in [6, 6.07) is 15.7. The van der Waals surface area contributed by atoms with E-state index in [4.69, 9.17) is 9.47 Å². The summed E-state index contributed by atoms with van der Waals surface area (Å²) < 4.78 is 10.7.